The van der Waals surface area contributed by atoms with Crippen LogP contribution in [0.1, 0.15) is 11.6 Å². The number of nitrogens with one attached hydrogen (secondary N) is 1. The van der Waals surface area contributed by atoms with Gasteiger partial charge in [-0.2, -0.15) is 0 Å². The van der Waals surface area contributed by atoms with E-state index in [1.54, 1.807) is 0 Å². The van der Waals surface area contributed by atoms with Crippen molar-refractivity contribution < 1.29 is 36.2 Å². The van der Waals surface area contributed by atoms with Crippen molar-refractivity contribution in [3.05, 3.63) is 29.6 Å². The molecule has 144 valence electrons. The van der Waals surface area contributed by atoms with E-state index in [1.807, 2.05) is 0 Å². The highest BCUT2D eigenvalue weighted by atomic mass is 35.5. The van der Waals surface area contributed by atoms with Crippen molar-refractivity contribution in [2.24, 2.45) is 0 Å². The number of aliphatic hydroxyl groups is 1. The maximum Gasteiger partial charge on any atom is 0.573 e. The van der Waals surface area contributed by atoms with Gasteiger partial charge in [-0.25, -0.2) is 13.2 Å². The van der Waals surface area contributed by atoms with Crippen LogP contribution in [0, 0.1) is 5.82 Å². The fourth-order valence-corrected chi connectivity index (χ4v) is 2.64. The van der Waals surface area contributed by atoms with Crippen molar-refractivity contribution in [1.82, 2.24) is 10.2 Å². The predicted molar refractivity (Wildman–Crippen MR) is 79.5 cm³/mol. The highest BCUT2D eigenvalue weighted by Gasteiger charge is 2.44. The van der Waals surface area contributed by atoms with Crippen LogP contribution in [-0.4, -0.2) is 55.1 Å². The summed E-state index contributed by atoms with van der Waals surface area (Å²) in [7, 11) is 0. The van der Waals surface area contributed by atoms with Crippen LogP contribution in [0.2, 0.25) is 0 Å². The van der Waals surface area contributed by atoms with E-state index in [1.165, 1.54) is 4.90 Å². The smallest absolute Gasteiger partial charge is 0.403 e. The van der Waals surface area contributed by atoms with E-state index in [-0.39, 0.29) is 31.1 Å². The van der Waals surface area contributed by atoms with Crippen LogP contribution in [-0.2, 0) is 0 Å². The number of ether oxygens (including phenoxy) is 1. The summed E-state index contributed by atoms with van der Waals surface area (Å²) >= 11 is 0. The summed E-state index contributed by atoms with van der Waals surface area (Å²) in [6.07, 6.45) is -5.09. The van der Waals surface area contributed by atoms with E-state index in [4.69, 9.17) is 5.11 Å². The summed E-state index contributed by atoms with van der Waals surface area (Å²) in [6, 6.07) is 0.525. The lowest BCUT2D eigenvalue weighted by molar-refractivity contribution is -0.275. The molecule has 1 fully saturated rings. The maximum atomic E-state index is 14.1. The predicted octanol–water partition coefficient (Wildman–Crippen LogP) is 2.72. The van der Waals surface area contributed by atoms with Crippen LogP contribution in [0.3, 0.4) is 0 Å². The molecular weight excluding hydrogens is 378 g/mol. The van der Waals surface area contributed by atoms with Crippen LogP contribution < -0.4 is 10.1 Å². The Hall–Kier alpha value is -1.23. The average Bonchev–Trinajstić information content (AvgIpc) is 2.50. The van der Waals surface area contributed by atoms with Crippen LogP contribution in [0.15, 0.2) is 18.2 Å². The maximum absolute atomic E-state index is 14.1. The molecule has 1 atom stereocenters. The first-order chi connectivity index (χ1) is 11.1. The van der Waals surface area contributed by atoms with E-state index >= 15 is 0 Å². The fourth-order valence-electron chi connectivity index (χ4n) is 2.64. The van der Waals surface area contributed by atoms with E-state index in [2.05, 4.69) is 10.1 Å². The lowest BCUT2D eigenvalue weighted by Crippen LogP contribution is -2.51. The molecule has 0 saturated carbocycles. The van der Waals surface area contributed by atoms with Gasteiger partial charge in [-0.15, -0.1) is 25.6 Å². The minimum absolute atomic E-state index is 0. The van der Waals surface area contributed by atoms with Crippen molar-refractivity contribution in [3.63, 3.8) is 0 Å². The number of hydrogen-bond acceptors (Lipinski definition) is 4. The third-order valence-corrected chi connectivity index (χ3v) is 3.62. The topological polar surface area (TPSA) is 44.7 Å². The second kappa shape index (κ2) is 8.43. The van der Waals surface area contributed by atoms with E-state index < -0.39 is 36.5 Å². The van der Waals surface area contributed by atoms with Gasteiger partial charge in [0.1, 0.15) is 12.6 Å². The first kappa shape index (κ1) is 21.8. The van der Waals surface area contributed by atoms with Gasteiger partial charge in [-0.3, -0.25) is 4.90 Å². The Morgan fingerprint density at radius 1 is 1.16 bits per heavy atom. The van der Waals surface area contributed by atoms with Gasteiger partial charge in [0.15, 0.2) is 11.6 Å². The molecular formula is C14H17ClF6N2O2. The quantitative estimate of drug-likeness (QED) is 0.754. The van der Waals surface area contributed by atoms with Gasteiger partial charge in [-0.05, 0) is 17.7 Å². The van der Waals surface area contributed by atoms with Crippen LogP contribution in [0.25, 0.3) is 0 Å². The Morgan fingerprint density at radius 2 is 1.76 bits per heavy atom. The first-order valence-electron chi connectivity index (χ1n) is 7.13. The number of alkyl halides is 5. The Morgan fingerprint density at radius 3 is 2.24 bits per heavy atom. The second-order valence-electron chi connectivity index (χ2n) is 5.35. The van der Waals surface area contributed by atoms with Gasteiger partial charge in [0.05, 0.1) is 0 Å². The summed E-state index contributed by atoms with van der Waals surface area (Å²) in [6.45, 7) is -0.166. The molecule has 0 amide bonds. The molecule has 4 nitrogen and oxygen atoms in total. The number of rotatable bonds is 5. The number of aliphatic hydroxyl groups excluding tert-OH is 1. The minimum Gasteiger partial charge on any atom is -0.403 e. The summed E-state index contributed by atoms with van der Waals surface area (Å²) in [5.41, 5.74) is -0.233. The SMILES string of the molecule is Cl.OCC(F)(F)[C@@H](c1ccc(OC(F)(F)F)c(F)c1)N1CCNCC1. The molecule has 1 saturated heterocycles. The summed E-state index contributed by atoms with van der Waals surface area (Å²) in [5, 5.41) is 11.9. The Bertz CT molecular complexity index is 567. The van der Waals surface area contributed by atoms with Crippen LogP contribution in [0.5, 0.6) is 5.75 Å². The first-order valence-corrected chi connectivity index (χ1v) is 7.13. The number of benzene rings is 1. The molecule has 0 radical (unpaired) electrons. The normalized spacial score (nSPS) is 17.7. The Kier molecular flexibility index (Phi) is 7.36. The molecule has 0 aromatic heterocycles. The van der Waals surface area contributed by atoms with E-state index in [9.17, 15) is 26.3 Å². The molecule has 11 heteroatoms. The highest BCUT2D eigenvalue weighted by molar-refractivity contribution is 5.85. The van der Waals surface area contributed by atoms with Crippen LogP contribution in [0.4, 0.5) is 26.3 Å². The van der Waals surface area contributed by atoms with Crippen molar-refractivity contribution >= 4 is 12.4 Å². The third-order valence-electron chi connectivity index (χ3n) is 3.62. The number of hydrogen-bond donors (Lipinski definition) is 2. The summed E-state index contributed by atoms with van der Waals surface area (Å²) in [4.78, 5) is 1.35. The minimum atomic E-state index is -5.09. The molecule has 25 heavy (non-hydrogen) atoms. The van der Waals surface area contributed by atoms with Gasteiger partial charge in [0.25, 0.3) is 5.92 Å². The lowest BCUT2D eigenvalue weighted by atomic mass is 9.98. The standard InChI is InChI=1S/C14H16F6N2O2.ClH/c15-10-7-9(1-2-11(10)24-14(18,19)20)12(13(16,17)8-23)22-5-3-21-4-6-22;/h1-2,7,12,21,23H,3-6,8H2;1H/t12-;/m1./s1. The molecule has 0 spiro atoms. The lowest BCUT2D eigenvalue weighted by Gasteiger charge is -2.38. The molecule has 1 heterocycles. The van der Waals surface area contributed by atoms with E-state index in [0.717, 1.165) is 6.07 Å². The van der Waals surface area contributed by atoms with Gasteiger partial charge in [0, 0.05) is 26.2 Å². The molecule has 0 aliphatic carbocycles. The fraction of sp³-hybridized carbons (Fsp3) is 0.571. The van der Waals surface area contributed by atoms with Crippen molar-refractivity contribution in [3.8, 4) is 5.75 Å². The molecule has 2 rings (SSSR count). The van der Waals surface area contributed by atoms with Crippen molar-refractivity contribution in [1.29, 1.82) is 0 Å². The number of nitrogens with zero attached hydrogens (tertiary/aromatic N) is 1. The second-order valence-corrected chi connectivity index (χ2v) is 5.35. The zero-order chi connectivity index (χ0) is 18.0. The largest absolute Gasteiger partial charge is 0.573 e. The van der Waals surface area contributed by atoms with Crippen molar-refractivity contribution in [2.75, 3.05) is 32.8 Å². The Balaban J connectivity index is 0.00000312. The molecule has 0 bridgehead atoms. The summed E-state index contributed by atoms with van der Waals surface area (Å²) < 4.78 is 82.1. The molecule has 1 aliphatic heterocycles. The van der Waals surface area contributed by atoms with Gasteiger partial charge in [0.2, 0.25) is 0 Å². The molecule has 0 unspecified atom stereocenters. The monoisotopic (exact) mass is 394 g/mol. The van der Waals surface area contributed by atoms with Gasteiger partial charge >= 0.3 is 6.36 Å². The average molecular weight is 395 g/mol. The zero-order valence-electron chi connectivity index (χ0n) is 12.8. The summed E-state index contributed by atoms with van der Waals surface area (Å²) in [5.74, 6) is -6.09. The third kappa shape index (κ3) is 5.63. The molecule has 1 aliphatic rings. The molecule has 1 aromatic carbocycles. The van der Waals surface area contributed by atoms with Gasteiger partial charge < -0.3 is 15.2 Å². The number of piperazine rings is 1. The highest BCUT2D eigenvalue weighted by Crippen LogP contribution is 2.38. The Labute approximate surface area is 146 Å². The zero-order valence-corrected chi connectivity index (χ0v) is 13.6. The molecule has 2 N–H and O–H groups in total. The number of halogens is 7. The molecule has 1 aromatic rings. The van der Waals surface area contributed by atoms with Gasteiger partial charge in [-0.1, -0.05) is 6.07 Å². The van der Waals surface area contributed by atoms with Crippen LogP contribution >= 0.6 is 12.4 Å². The van der Waals surface area contributed by atoms with E-state index in [0.29, 0.717) is 25.2 Å². The van der Waals surface area contributed by atoms with Crippen molar-refractivity contribution in [2.45, 2.75) is 18.3 Å².